The lowest BCUT2D eigenvalue weighted by Gasteiger charge is -2.26. The molecule has 0 radical (unpaired) electrons. The van der Waals surface area contributed by atoms with Crippen molar-refractivity contribution >= 4 is 10.9 Å². The normalized spacial score (nSPS) is 20.5. The second-order valence-electron chi connectivity index (χ2n) is 7.70. The lowest BCUT2D eigenvalue weighted by Crippen LogP contribution is -2.34. The van der Waals surface area contributed by atoms with Crippen molar-refractivity contribution in [3.63, 3.8) is 0 Å². The Morgan fingerprint density at radius 3 is 2.81 bits per heavy atom. The Kier molecular flexibility index (Phi) is 4.24. The molecule has 140 valence electrons. The summed E-state index contributed by atoms with van der Waals surface area (Å²) in [5.74, 6) is 1.58. The summed E-state index contributed by atoms with van der Waals surface area (Å²) in [6.45, 7) is 3.53. The van der Waals surface area contributed by atoms with Gasteiger partial charge in [0.25, 0.3) is 5.56 Å². The molecule has 1 atom stereocenters. The van der Waals surface area contributed by atoms with Crippen molar-refractivity contribution in [2.75, 3.05) is 13.1 Å². The van der Waals surface area contributed by atoms with E-state index in [9.17, 15) is 4.79 Å². The fourth-order valence-corrected chi connectivity index (χ4v) is 4.14. The Hall–Kier alpha value is -2.54. The highest BCUT2D eigenvalue weighted by atomic mass is 16.1. The maximum atomic E-state index is 13.2. The molecule has 0 N–H and O–H groups in total. The van der Waals surface area contributed by atoms with Gasteiger partial charge in [0.15, 0.2) is 0 Å². The van der Waals surface area contributed by atoms with Crippen LogP contribution >= 0.6 is 0 Å². The molecule has 1 saturated heterocycles. The van der Waals surface area contributed by atoms with Gasteiger partial charge >= 0.3 is 0 Å². The molecule has 7 heteroatoms. The van der Waals surface area contributed by atoms with Crippen LogP contribution in [-0.2, 0) is 13.1 Å². The van der Waals surface area contributed by atoms with Gasteiger partial charge in [-0.25, -0.2) is 9.97 Å². The molecule has 2 aliphatic rings. The summed E-state index contributed by atoms with van der Waals surface area (Å²) < 4.78 is 3.83. The smallest absolute Gasteiger partial charge is 0.261 e. The third-order valence-corrected chi connectivity index (χ3v) is 5.77. The van der Waals surface area contributed by atoms with Crippen LogP contribution in [-0.4, -0.2) is 42.3 Å². The molecule has 7 nitrogen and oxygen atoms in total. The molecule has 2 aromatic heterocycles. The standard InChI is InChI=1S/C20H24N6O/c27-20-16-4-1-2-5-17(16)23-19(26(20)12-15-7-8-15)18-6-3-9-24(18)10-11-25-14-21-13-22-25/h1-2,4-5,13-15,18H,3,6-12H2. The van der Waals surface area contributed by atoms with Crippen molar-refractivity contribution in [2.45, 2.75) is 44.8 Å². The Morgan fingerprint density at radius 2 is 2.00 bits per heavy atom. The number of para-hydroxylation sites is 1. The fourth-order valence-electron chi connectivity index (χ4n) is 4.14. The zero-order chi connectivity index (χ0) is 18.2. The molecule has 5 rings (SSSR count). The maximum absolute atomic E-state index is 13.2. The molecule has 2 fully saturated rings. The average molecular weight is 364 g/mol. The first-order valence-electron chi connectivity index (χ1n) is 9.85. The van der Waals surface area contributed by atoms with Gasteiger partial charge in [0, 0.05) is 13.1 Å². The monoisotopic (exact) mass is 364 g/mol. The van der Waals surface area contributed by atoms with Crippen molar-refractivity contribution < 1.29 is 0 Å². The summed E-state index contributed by atoms with van der Waals surface area (Å²) >= 11 is 0. The van der Waals surface area contributed by atoms with Crippen LogP contribution in [0, 0.1) is 5.92 Å². The van der Waals surface area contributed by atoms with Crippen LogP contribution in [0.25, 0.3) is 10.9 Å². The van der Waals surface area contributed by atoms with Gasteiger partial charge in [0.05, 0.1) is 23.5 Å². The Morgan fingerprint density at radius 1 is 1.11 bits per heavy atom. The van der Waals surface area contributed by atoms with Crippen LogP contribution < -0.4 is 5.56 Å². The highest BCUT2D eigenvalue weighted by Gasteiger charge is 2.32. The molecule has 0 bridgehead atoms. The summed E-state index contributed by atoms with van der Waals surface area (Å²) in [4.78, 5) is 24.6. The largest absolute Gasteiger partial charge is 0.295 e. The van der Waals surface area contributed by atoms with Gasteiger partial charge in [-0.05, 0) is 50.3 Å². The number of benzene rings is 1. The fraction of sp³-hybridized carbons (Fsp3) is 0.500. The number of likely N-dealkylation sites (tertiary alicyclic amines) is 1. The second-order valence-corrected chi connectivity index (χ2v) is 7.70. The molecular formula is C20H24N6O. The molecule has 0 spiro atoms. The number of rotatable bonds is 6. The zero-order valence-electron chi connectivity index (χ0n) is 15.4. The third kappa shape index (κ3) is 3.27. The van der Waals surface area contributed by atoms with E-state index in [1.165, 1.54) is 12.8 Å². The van der Waals surface area contributed by atoms with Crippen molar-refractivity contribution in [3.05, 3.63) is 53.1 Å². The molecule has 1 aliphatic heterocycles. The van der Waals surface area contributed by atoms with Crippen molar-refractivity contribution in [1.82, 2.24) is 29.2 Å². The number of fused-ring (bicyclic) bond motifs is 1. The number of hydrogen-bond donors (Lipinski definition) is 0. The van der Waals surface area contributed by atoms with Crippen LogP contribution in [0.3, 0.4) is 0 Å². The predicted molar refractivity (Wildman–Crippen MR) is 102 cm³/mol. The van der Waals surface area contributed by atoms with Crippen molar-refractivity contribution in [2.24, 2.45) is 5.92 Å². The van der Waals surface area contributed by atoms with Gasteiger partial charge in [-0.2, -0.15) is 5.10 Å². The summed E-state index contributed by atoms with van der Waals surface area (Å²) in [5, 5.41) is 4.93. The van der Waals surface area contributed by atoms with Crippen LogP contribution in [0.15, 0.2) is 41.7 Å². The van der Waals surface area contributed by atoms with E-state index in [1.807, 2.05) is 33.5 Å². The zero-order valence-corrected chi connectivity index (χ0v) is 15.4. The van der Waals surface area contributed by atoms with E-state index in [1.54, 1.807) is 12.7 Å². The molecular weight excluding hydrogens is 340 g/mol. The first-order valence-corrected chi connectivity index (χ1v) is 9.85. The maximum Gasteiger partial charge on any atom is 0.261 e. The van der Waals surface area contributed by atoms with Crippen LogP contribution in [0.1, 0.15) is 37.5 Å². The van der Waals surface area contributed by atoms with Gasteiger partial charge < -0.3 is 0 Å². The quantitative estimate of drug-likeness (QED) is 0.671. The minimum absolute atomic E-state index is 0.116. The summed E-state index contributed by atoms with van der Waals surface area (Å²) in [5.41, 5.74) is 0.929. The SMILES string of the molecule is O=c1c2ccccc2nc(C2CCCN2CCn2cncn2)n1CC1CC1. The lowest BCUT2D eigenvalue weighted by molar-refractivity contribution is 0.228. The van der Waals surface area contributed by atoms with Crippen LogP contribution in [0.4, 0.5) is 0 Å². The Balaban J connectivity index is 1.50. The number of aromatic nitrogens is 5. The van der Waals surface area contributed by atoms with Gasteiger partial charge in [0.2, 0.25) is 0 Å². The van der Waals surface area contributed by atoms with E-state index >= 15 is 0 Å². The topological polar surface area (TPSA) is 68.8 Å². The highest BCUT2D eigenvalue weighted by Crippen LogP contribution is 2.34. The minimum atomic E-state index is 0.116. The van der Waals surface area contributed by atoms with E-state index < -0.39 is 0 Å². The van der Waals surface area contributed by atoms with Crippen LogP contribution in [0.5, 0.6) is 0 Å². The highest BCUT2D eigenvalue weighted by molar-refractivity contribution is 5.77. The first kappa shape index (κ1) is 16.6. The molecule has 3 aromatic rings. The first-order chi connectivity index (χ1) is 13.3. The number of hydrogen-bond acceptors (Lipinski definition) is 5. The molecule has 27 heavy (non-hydrogen) atoms. The molecule has 1 saturated carbocycles. The predicted octanol–water partition coefficient (Wildman–Crippen LogP) is 2.24. The molecule has 3 heterocycles. The molecule has 0 amide bonds. The van der Waals surface area contributed by atoms with E-state index in [-0.39, 0.29) is 11.6 Å². The van der Waals surface area contributed by atoms with E-state index in [0.29, 0.717) is 5.92 Å². The van der Waals surface area contributed by atoms with Gasteiger partial charge in [-0.15, -0.1) is 0 Å². The van der Waals surface area contributed by atoms with Crippen molar-refractivity contribution in [1.29, 1.82) is 0 Å². The summed E-state index contributed by atoms with van der Waals surface area (Å²) in [6.07, 6.45) is 7.95. The van der Waals surface area contributed by atoms with E-state index in [0.717, 1.165) is 55.7 Å². The van der Waals surface area contributed by atoms with Crippen LogP contribution in [0.2, 0.25) is 0 Å². The van der Waals surface area contributed by atoms with Crippen molar-refractivity contribution in [3.8, 4) is 0 Å². The Bertz CT molecular complexity index is 991. The molecule has 1 aromatic carbocycles. The second kappa shape index (κ2) is 6.88. The van der Waals surface area contributed by atoms with E-state index in [2.05, 4.69) is 15.0 Å². The molecule has 1 aliphatic carbocycles. The minimum Gasteiger partial charge on any atom is -0.295 e. The van der Waals surface area contributed by atoms with Gasteiger partial charge in [-0.3, -0.25) is 18.9 Å². The van der Waals surface area contributed by atoms with E-state index in [4.69, 9.17) is 4.98 Å². The molecule has 1 unspecified atom stereocenters. The van der Waals surface area contributed by atoms with Gasteiger partial charge in [0.1, 0.15) is 18.5 Å². The summed E-state index contributed by atoms with van der Waals surface area (Å²) in [7, 11) is 0. The third-order valence-electron chi connectivity index (χ3n) is 5.77. The number of nitrogens with zero attached hydrogens (tertiary/aromatic N) is 6. The average Bonchev–Trinajstić information content (AvgIpc) is 3.16. The lowest BCUT2D eigenvalue weighted by atomic mass is 10.1. The summed E-state index contributed by atoms with van der Waals surface area (Å²) in [6, 6.07) is 7.93. The Labute approximate surface area is 157 Å². The van der Waals surface area contributed by atoms with Gasteiger partial charge in [-0.1, -0.05) is 12.1 Å².